The van der Waals surface area contributed by atoms with Crippen molar-refractivity contribution in [1.29, 1.82) is 0 Å². The first-order chi connectivity index (χ1) is 6.83. The Balaban J connectivity index is 2.53. The largest absolute Gasteiger partial charge is 0.296 e. The maximum absolute atomic E-state index is 10.5. The highest BCUT2D eigenvalue weighted by Gasteiger charge is 2.06. The number of aromatic nitrogens is 2. The van der Waals surface area contributed by atoms with Gasteiger partial charge in [0, 0.05) is 5.69 Å². The van der Waals surface area contributed by atoms with Crippen LogP contribution in [0.15, 0.2) is 41.7 Å². The molecule has 0 N–H and O–H groups in total. The summed E-state index contributed by atoms with van der Waals surface area (Å²) < 4.78 is 1.76. The van der Waals surface area contributed by atoms with Crippen LogP contribution < -0.4 is 0 Å². The molecule has 0 aliphatic rings. The number of nitrogens with zero attached hydrogens (tertiary/aromatic N) is 2. The Labute approximate surface area is 86.8 Å². The van der Waals surface area contributed by atoms with Crippen LogP contribution in [0.4, 0.5) is 0 Å². The molecule has 2 aromatic rings. The summed E-state index contributed by atoms with van der Waals surface area (Å²) in [5.74, 6) is 0. The van der Waals surface area contributed by atoms with Crippen molar-refractivity contribution < 1.29 is 4.79 Å². The van der Waals surface area contributed by atoms with Gasteiger partial charge in [0.2, 0.25) is 0 Å². The lowest BCUT2D eigenvalue weighted by molar-refractivity contribution is 0.111. The molecule has 14 heavy (non-hydrogen) atoms. The lowest BCUT2D eigenvalue weighted by Gasteiger charge is -2.02. The normalized spacial score (nSPS) is 10.1. The fourth-order valence-corrected chi connectivity index (χ4v) is 1.49. The molecule has 70 valence electrons. The van der Waals surface area contributed by atoms with Crippen LogP contribution in [0.5, 0.6) is 0 Å². The summed E-state index contributed by atoms with van der Waals surface area (Å²) in [4.78, 5) is 14.5. The third kappa shape index (κ3) is 1.44. The third-order valence-corrected chi connectivity index (χ3v) is 2.36. The van der Waals surface area contributed by atoms with E-state index in [-0.39, 0.29) is 0 Å². The number of carbonyl (C=O) groups excluding carboxylic acids is 1. The fraction of sp³-hybridized carbons (Fsp3) is 0. The van der Waals surface area contributed by atoms with Gasteiger partial charge in [-0.1, -0.05) is 18.2 Å². The van der Waals surface area contributed by atoms with Gasteiger partial charge in [-0.3, -0.25) is 9.36 Å². The van der Waals surface area contributed by atoms with E-state index in [1.165, 1.54) is 0 Å². The highest BCUT2D eigenvalue weighted by Crippen LogP contribution is 2.16. The number of benzene rings is 1. The van der Waals surface area contributed by atoms with Gasteiger partial charge in [0.05, 0.1) is 0 Å². The number of hydrogen-bond donors (Lipinski definition) is 1. The number of imidazole rings is 1. The highest BCUT2D eigenvalue weighted by molar-refractivity contribution is 7.80. The van der Waals surface area contributed by atoms with E-state index in [0.29, 0.717) is 17.0 Å². The Morgan fingerprint density at radius 3 is 2.57 bits per heavy atom. The molecule has 0 spiro atoms. The molecule has 0 atom stereocenters. The number of rotatable bonds is 2. The van der Waals surface area contributed by atoms with Crippen molar-refractivity contribution >= 4 is 18.9 Å². The van der Waals surface area contributed by atoms with Crippen LogP contribution in [0.2, 0.25) is 0 Å². The van der Waals surface area contributed by atoms with Crippen LogP contribution in [-0.4, -0.2) is 15.8 Å². The number of para-hydroxylation sites is 1. The second-order valence-electron chi connectivity index (χ2n) is 2.78. The summed E-state index contributed by atoms with van der Waals surface area (Å²) >= 11 is 4.22. The summed E-state index contributed by atoms with van der Waals surface area (Å²) in [6.45, 7) is 0. The molecule has 2 rings (SSSR count). The lowest BCUT2D eigenvalue weighted by Crippen LogP contribution is -1.92. The van der Waals surface area contributed by atoms with E-state index < -0.39 is 0 Å². The van der Waals surface area contributed by atoms with E-state index >= 15 is 0 Å². The molecule has 0 bridgehead atoms. The van der Waals surface area contributed by atoms with Crippen molar-refractivity contribution in [2.24, 2.45) is 0 Å². The second kappa shape index (κ2) is 3.67. The zero-order chi connectivity index (χ0) is 9.97. The lowest BCUT2D eigenvalue weighted by atomic mass is 10.3. The Hall–Kier alpha value is -1.55. The summed E-state index contributed by atoms with van der Waals surface area (Å²) in [5.41, 5.74) is 1.30. The molecular formula is C10H8N2OS. The van der Waals surface area contributed by atoms with Crippen molar-refractivity contribution in [3.8, 4) is 5.69 Å². The van der Waals surface area contributed by atoms with Gasteiger partial charge in [0.25, 0.3) is 0 Å². The Bertz CT molecular complexity index is 450. The van der Waals surface area contributed by atoms with Crippen molar-refractivity contribution in [3.05, 3.63) is 42.4 Å². The first kappa shape index (κ1) is 9.02. The average Bonchev–Trinajstić information content (AvgIpc) is 2.61. The molecule has 0 amide bonds. The molecule has 0 aliphatic carbocycles. The van der Waals surface area contributed by atoms with Crippen LogP contribution in [0.1, 0.15) is 10.5 Å². The van der Waals surface area contributed by atoms with Crippen molar-refractivity contribution in [3.63, 3.8) is 0 Å². The SMILES string of the molecule is O=Cc1ncn(-c2ccccc2)c1S. The molecule has 0 radical (unpaired) electrons. The summed E-state index contributed by atoms with van der Waals surface area (Å²) in [6, 6.07) is 9.62. The molecule has 0 unspecified atom stereocenters. The number of hydrogen-bond acceptors (Lipinski definition) is 3. The molecule has 1 aromatic heterocycles. The molecule has 0 aliphatic heterocycles. The van der Waals surface area contributed by atoms with E-state index in [0.717, 1.165) is 5.69 Å². The van der Waals surface area contributed by atoms with Crippen molar-refractivity contribution in [1.82, 2.24) is 9.55 Å². The van der Waals surface area contributed by atoms with E-state index in [9.17, 15) is 4.79 Å². The van der Waals surface area contributed by atoms with Crippen LogP contribution >= 0.6 is 12.6 Å². The standard InChI is InChI=1S/C10H8N2OS/c13-6-9-10(14)12(7-11-9)8-4-2-1-3-5-8/h1-7,14H. The summed E-state index contributed by atoms with van der Waals surface area (Å²) in [7, 11) is 0. The molecule has 1 heterocycles. The fourth-order valence-electron chi connectivity index (χ4n) is 1.22. The Kier molecular flexibility index (Phi) is 2.37. The maximum Gasteiger partial charge on any atom is 0.171 e. The van der Waals surface area contributed by atoms with Crippen LogP contribution in [0.25, 0.3) is 5.69 Å². The molecule has 4 heteroatoms. The number of carbonyl (C=O) groups is 1. The van der Waals surface area contributed by atoms with Crippen LogP contribution in [0.3, 0.4) is 0 Å². The molecule has 0 saturated heterocycles. The van der Waals surface area contributed by atoms with Gasteiger partial charge in [0.1, 0.15) is 17.0 Å². The van der Waals surface area contributed by atoms with Gasteiger partial charge in [0.15, 0.2) is 6.29 Å². The highest BCUT2D eigenvalue weighted by atomic mass is 32.1. The maximum atomic E-state index is 10.5. The first-order valence-corrected chi connectivity index (χ1v) is 4.54. The number of aldehydes is 1. The quantitative estimate of drug-likeness (QED) is 0.599. The Morgan fingerprint density at radius 2 is 2.00 bits per heavy atom. The van der Waals surface area contributed by atoms with E-state index in [4.69, 9.17) is 0 Å². The van der Waals surface area contributed by atoms with Gasteiger partial charge >= 0.3 is 0 Å². The first-order valence-electron chi connectivity index (χ1n) is 4.10. The Morgan fingerprint density at radius 1 is 1.29 bits per heavy atom. The smallest absolute Gasteiger partial charge is 0.171 e. The minimum Gasteiger partial charge on any atom is -0.296 e. The summed E-state index contributed by atoms with van der Waals surface area (Å²) in [6.07, 6.45) is 2.28. The number of thiol groups is 1. The zero-order valence-electron chi connectivity index (χ0n) is 7.29. The summed E-state index contributed by atoms with van der Waals surface area (Å²) in [5, 5.41) is 0.561. The van der Waals surface area contributed by atoms with Crippen molar-refractivity contribution in [2.75, 3.05) is 0 Å². The molecule has 3 nitrogen and oxygen atoms in total. The van der Waals surface area contributed by atoms with Gasteiger partial charge in [-0.05, 0) is 12.1 Å². The van der Waals surface area contributed by atoms with E-state index in [1.54, 1.807) is 10.9 Å². The van der Waals surface area contributed by atoms with Gasteiger partial charge in [-0.2, -0.15) is 0 Å². The minimum atomic E-state index is 0.359. The predicted molar refractivity (Wildman–Crippen MR) is 56.2 cm³/mol. The molecule has 1 aromatic carbocycles. The van der Waals surface area contributed by atoms with E-state index in [1.807, 2.05) is 30.3 Å². The molecule has 0 saturated carbocycles. The average molecular weight is 204 g/mol. The third-order valence-electron chi connectivity index (χ3n) is 1.92. The van der Waals surface area contributed by atoms with Crippen LogP contribution in [0, 0.1) is 0 Å². The van der Waals surface area contributed by atoms with Gasteiger partial charge in [-0.15, -0.1) is 12.6 Å². The topological polar surface area (TPSA) is 34.9 Å². The molecule has 0 fully saturated rings. The van der Waals surface area contributed by atoms with Crippen LogP contribution in [-0.2, 0) is 0 Å². The monoisotopic (exact) mass is 204 g/mol. The van der Waals surface area contributed by atoms with Crippen molar-refractivity contribution in [2.45, 2.75) is 5.03 Å². The predicted octanol–water partition coefficient (Wildman–Crippen LogP) is 1.97. The molecular weight excluding hydrogens is 196 g/mol. The zero-order valence-corrected chi connectivity index (χ0v) is 8.19. The van der Waals surface area contributed by atoms with Gasteiger partial charge < -0.3 is 0 Å². The van der Waals surface area contributed by atoms with E-state index in [2.05, 4.69) is 17.6 Å². The second-order valence-corrected chi connectivity index (χ2v) is 3.20. The van der Waals surface area contributed by atoms with Gasteiger partial charge in [-0.25, -0.2) is 4.98 Å². The minimum absolute atomic E-state index is 0.359.